The molecule has 0 saturated carbocycles. The van der Waals surface area contributed by atoms with Crippen LogP contribution in [0.5, 0.6) is 0 Å². The van der Waals surface area contributed by atoms with E-state index in [-0.39, 0.29) is 0 Å². The van der Waals surface area contributed by atoms with Crippen molar-refractivity contribution in [3.8, 4) is 0 Å². The molecule has 0 aromatic carbocycles. The Morgan fingerprint density at radius 3 is 1.31 bits per heavy atom. The van der Waals surface area contributed by atoms with Gasteiger partial charge in [0.05, 0.1) is 0 Å². The van der Waals surface area contributed by atoms with E-state index in [0.717, 1.165) is 0 Å². The maximum Gasteiger partial charge on any atom is 0.158 e. The van der Waals surface area contributed by atoms with Crippen molar-refractivity contribution in [2.75, 3.05) is 0 Å². The molecule has 0 amide bonds. The molecule has 0 N–H and O–H groups in total. The fourth-order valence-electron chi connectivity index (χ4n) is 1.72. The van der Waals surface area contributed by atoms with Crippen LogP contribution in [0.3, 0.4) is 0 Å². The minimum absolute atomic E-state index is 0.326. The van der Waals surface area contributed by atoms with Gasteiger partial charge >= 0.3 is 0 Å². The predicted octanol–water partition coefficient (Wildman–Crippen LogP) is 3.98. The second-order valence-corrected chi connectivity index (χ2v) is 6.47. The highest BCUT2D eigenvalue weighted by Crippen LogP contribution is 2.34. The van der Waals surface area contributed by atoms with Crippen molar-refractivity contribution < 1.29 is 0 Å². The molecule has 0 aliphatic carbocycles. The van der Waals surface area contributed by atoms with Gasteiger partial charge in [-0.2, -0.15) is 0 Å². The zero-order valence-electron chi connectivity index (χ0n) is 10.7. The Morgan fingerprint density at radius 1 is 0.846 bits per heavy atom. The molecule has 0 saturated heterocycles. The van der Waals surface area contributed by atoms with Crippen molar-refractivity contribution in [1.82, 2.24) is 0 Å². The summed E-state index contributed by atoms with van der Waals surface area (Å²) in [6.45, 7) is 18.3. The van der Waals surface area contributed by atoms with Gasteiger partial charge in [0.15, 0.2) is 7.28 Å². The molecule has 0 atom stereocenters. The molecule has 0 rings (SSSR count). The lowest BCUT2D eigenvalue weighted by Gasteiger charge is -2.30. The van der Waals surface area contributed by atoms with Crippen LogP contribution in [0.15, 0.2) is 11.0 Å². The Balaban J connectivity index is 4.80. The van der Waals surface area contributed by atoms with Gasteiger partial charge in [0.25, 0.3) is 0 Å². The van der Waals surface area contributed by atoms with Gasteiger partial charge in [-0.05, 0) is 19.3 Å². The molecular weight excluding hydrogens is 155 g/mol. The molecule has 0 fully saturated rings. The van der Waals surface area contributed by atoms with Crippen molar-refractivity contribution in [1.29, 1.82) is 0 Å². The van der Waals surface area contributed by atoms with E-state index in [4.69, 9.17) is 0 Å². The number of hydrogen-bond donors (Lipinski definition) is 0. The van der Waals surface area contributed by atoms with E-state index in [1.807, 2.05) is 0 Å². The van der Waals surface area contributed by atoms with Gasteiger partial charge in [0.1, 0.15) is 0 Å². The fraction of sp³-hybridized carbons (Fsp3) is 0.833. The topological polar surface area (TPSA) is 0 Å². The lowest BCUT2D eigenvalue weighted by molar-refractivity contribution is 0.519. The van der Waals surface area contributed by atoms with E-state index in [2.05, 4.69) is 55.4 Å². The van der Waals surface area contributed by atoms with E-state index in [9.17, 15) is 0 Å². The summed E-state index contributed by atoms with van der Waals surface area (Å²) in [5.41, 5.74) is 3.42. The maximum absolute atomic E-state index is 2.31. The van der Waals surface area contributed by atoms with Crippen LogP contribution < -0.4 is 0 Å². The molecule has 0 nitrogen and oxygen atoms in total. The van der Waals surface area contributed by atoms with Crippen molar-refractivity contribution >= 4 is 7.28 Å². The monoisotopic (exact) mass is 180 g/mol. The Kier molecular flexibility index (Phi) is 3.84. The summed E-state index contributed by atoms with van der Waals surface area (Å²) in [6.07, 6.45) is 0. The highest BCUT2D eigenvalue weighted by molar-refractivity contribution is 6.49. The van der Waals surface area contributed by atoms with Crippen LogP contribution in [-0.4, -0.2) is 7.28 Å². The molecule has 0 aromatic rings. The average Bonchev–Trinajstić information content (AvgIpc) is 1.77. The summed E-state index contributed by atoms with van der Waals surface area (Å²) in [7, 11) is 1.21. The summed E-state index contributed by atoms with van der Waals surface area (Å²) in [5, 5.41) is 0.403. The number of allylic oxidation sites excluding steroid dienone is 2. The minimum Gasteiger partial charge on any atom is -0.101 e. The third-order valence-electron chi connectivity index (χ3n) is 2.22. The third kappa shape index (κ3) is 5.18. The Labute approximate surface area is 85.1 Å². The fourth-order valence-corrected chi connectivity index (χ4v) is 1.72. The van der Waals surface area contributed by atoms with Gasteiger partial charge in [-0.25, -0.2) is 0 Å². The lowest BCUT2D eigenvalue weighted by Crippen LogP contribution is -2.22. The van der Waals surface area contributed by atoms with Crippen molar-refractivity contribution in [2.45, 2.75) is 60.7 Å². The quantitative estimate of drug-likeness (QED) is 0.535. The normalized spacial score (nSPS) is 12.6. The van der Waals surface area contributed by atoms with Crippen molar-refractivity contribution in [3.63, 3.8) is 0 Å². The molecule has 0 unspecified atom stereocenters. The van der Waals surface area contributed by atoms with E-state index in [0.29, 0.717) is 10.7 Å². The summed E-state index contributed by atoms with van der Waals surface area (Å²) in [4.78, 5) is 0. The highest BCUT2D eigenvalue weighted by atomic mass is 14.2. The Hall–Kier alpha value is -0.195. The van der Waals surface area contributed by atoms with Gasteiger partial charge in [-0.1, -0.05) is 52.4 Å². The first kappa shape index (κ1) is 12.8. The second kappa shape index (κ2) is 3.90. The zero-order valence-corrected chi connectivity index (χ0v) is 10.7. The Bertz CT molecular complexity index is 194. The second-order valence-electron chi connectivity index (χ2n) is 6.47. The minimum atomic E-state index is 0.326. The first-order chi connectivity index (χ1) is 5.54. The van der Waals surface area contributed by atoms with Gasteiger partial charge in [0.2, 0.25) is 0 Å². The number of rotatable bonds is 1. The molecule has 0 aliphatic rings. The number of hydrogen-bond acceptors (Lipinski definition) is 0. The first-order valence-corrected chi connectivity index (χ1v) is 5.21. The van der Waals surface area contributed by atoms with Crippen molar-refractivity contribution in [2.24, 2.45) is 5.41 Å². The molecule has 0 spiro atoms. The molecule has 0 heterocycles. The predicted molar refractivity (Wildman–Crippen MR) is 64.7 cm³/mol. The van der Waals surface area contributed by atoms with Gasteiger partial charge in [0, 0.05) is 0 Å². The summed E-state index contributed by atoms with van der Waals surface area (Å²) in [6, 6.07) is 0. The molecule has 0 bridgehead atoms. The van der Waals surface area contributed by atoms with E-state index in [1.54, 1.807) is 5.47 Å². The maximum atomic E-state index is 2.31. The lowest BCUT2D eigenvalue weighted by atomic mass is 9.45. The highest BCUT2D eigenvalue weighted by Gasteiger charge is 2.24. The van der Waals surface area contributed by atoms with Gasteiger partial charge in [-0.3, -0.25) is 0 Å². The van der Waals surface area contributed by atoms with Crippen LogP contribution in [0, 0.1) is 5.41 Å². The van der Waals surface area contributed by atoms with Crippen LogP contribution >= 0.6 is 0 Å². The average molecular weight is 180 g/mol. The molecular formula is C12H25B. The standard InChI is InChI=1S/C12H25B/c1-9(2)10(11(3,4)5)13-12(6,7)8/h13H,1-8H3. The molecule has 0 aromatic heterocycles. The molecule has 76 valence electrons. The van der Waals surface area contributed by atoms with Gasteiger partial charge < -0.3 is 0 Å². The van der Waals surface area contributed by atoms with Crippen LogP contribution in [0.25, 0.3) is 0 Å². The summed E-state index contributed by atoms with van der Waals surface area (Å²) in [5.74, 6) is 0. The Morgan fingerprint density at radius 2 is 1.23 bits per heavy atom. The summed E-state index contributed by atoms with van der Waals surface area (Å²) >= 11 is 0. The van der Waals surface area contributed by atoms with Gasteiger partial charge in [-0.15, -0.1) is 5.47 Å². The van der Waals surface area contributed by atoms with Crippen LogP contribution in [0.2, 0.25) is 5.31 Å². The van der Waals surface area contributed by atoms with Crippen LogP contribution in [0.1, 0.15) is 55.4 Å². The third-order valence-corrected chi connectivity index (χ3v) is 2.22. The first-order valence-electron chi connectivity index (χ1n) is 5.21. The van der Waals surface area contributed by atoms with E-state index >= 15 is 0 Å². The van der Waals surface area contributed by atoms with Crippen LogP contribution in [-0.2, 0) is 0 Å². The molecule has 13 heavy (non-hydrogen) atoms. The van der Waals surface area contributed by atoms with Crippen LogP contribution in [0.4, 0.5) is 0 Å². The zero-order chi connectivity index (χ0) is 10.9. The SMILES string of the molecule is CC(C)=C(BC(C)(C)C)C(C)(C)C. The summed E-state index contributed by atoms with van der Waals surface area (Å²) < 4.78 is 0. The molecule has 0 radical (unpaired) electrons. The molecule has 0 aliphatic heterocycles. The van der Waals surface area contributed by atoms with E-state index in [1.165, 1.54) is 12.9 Å². The molecule has 1 heteroatoms. The largest absolute Gasteiger partial charge is 0.158 e. The smallest absolute Gasteiger partial charge is 0.101 e. The van der Waals surface area contributed by atoms with Crippen molar-refractivity contribution in [3.05, 3.63) is 11.0 Å². The van der Waals surface area contributed by atoms with E-state index < -0.39 is 0 Å².